The molecule has 2 amide bonds. The average Bonchev–Trinajstić information content (AvgIpc) is 3.20. The number of rotatable bonds is 5. The van der Waals surface area contributed by atoms with Crippen molar-refractivity contribution in [3.8, 4) is 11.5 Å². The summed E-state index contributed by atoms with van der Waals surface area (Å²) in [5.41, 5.74) is 1.09. The van der Waals surface area contributed by atoms with Gasteiger partial charge in [0, 0.05) is 45.2 Å². The van der Waals surface area contributed by atoms with Crippen LogP contribution in [0.4, 0.5) is 0 Å². The molecule has 2 fully saturated rings. The molecule has 4 rings (SSSR count). The molecule has 3 heterocycles. The molecule has 3 aliphatic heterocycles. The Kier molecular flexibility index (Phi) is 6.23. The molecule has 0 aliphatic carbocycles. The molecule has 7 heteroatoms. The average molecular weight is 402 g/mol. The van der Waals surface area contributed by atoms with Gasteiger partial charge < -0.3 is 19.3 Å². The molecule has 3 aliphatic rings. The number of fused-ring (bicyclic) bond motifs is 1. The van der Waals surface area contributed by atoms with Gasteiger partial charge in [-0.2, -0.15) is 0 Å². The quantitative estimate of drug-likeness (QED) is 0.754. The second-order valence-corrected chi connectivity index (χ2v) is 8.28. The van der Waals surface area contributed by atoms with Crippen molar-refractivity contribution < 1.29 is 19.1 Å². The fourth-order valence-electron chi connectivity index (χ4n) is 4.41. The molecule has 158 valence electrons. The van der Waals surface area contributed by atoms with E-state index in [0.29, 0.717) is 38.5 Å². The first kappa shape index (κ1) is 20.0. The summed E-state index contributed by atoms with van der Waals surface area (Å²) >= 11 is 0. The number of nitrogens with zero attached hydrogens (tertiary/aromatic N) is 3. The minimum atomic E-state index is 0.179. The largest absolute Gasteiger partial charge is 0.454 e. The van der Waals surface area contributed by atoms with Gasteiger partial charge in [-0.15, -0.1) is 0 Å². The van der Waals surface area contributed by atoms with Gasteiger partial charge >= 0.3 is 0 Å². The summed E-state index contributed by atoms with van der Waals surface area (Å²) in [5, 5.41) is 0. The molecule has 1 aromatic rings. The summed E-state index contributed by atoms with van der Waals surface area (Å²) in [5.74, 6) is 1.94. The number of carbonyl (C=O) groups is 2. The standard InChI is InChI=1S/C22H31N3O4/c1-17-4-2-3-9-25(17)22(27)15-23-10-12-24(13-11-23)21(26)8-6-18-5-7-19-20(14-18)29-16-28-19/h5,7,14,17H,2-4,6,8-13,15-16H2,1H3/t17-/m1/s1. The highest BCUT2D eigenvalue weighted by Gasteiger charge is 2.27. The second kappa shape index (κ2) is 9.03. The monoisotopic (exact) mass is 401 g/mol. The minimum Gasteiger partial charge on any atom is -0.454 e. The SMILES string of the molecule is C[C@@H]1CCCCN1C(=O)CN1CCN(C(=O)CCc2ccc3c(c2)OCO3)CC1. The molecule has 1 aromatic carbocycles. The number of benzene rings is 1. The second-order valence-electron chi connectivity index (χ2n) is 8.28. The van der Waals surface area contributed by atoms with E-state index in [0.717, 1.165) is 49.5 Å². The van der Waals surface area contributed by atoms with E-state index >= 15 is 0 Å². The number of likely N-dealkylation sites (tertiary alicyclic amines) is 1. The van der Waals surface area contributed by atoms with Gasteiger partial charge in [0.2, 0.25) is 18.6 Å². The third kappa shape index (κ3) is 4.83. The summed E-state index contributed by atoms with van der Waals surface area (Å²) in [4.78, 5) is 31.4. The van der Waals surface area contributed by atoms with Gasteiger partial charge in [0.15, 0.2) is 11.5 Å². The Hall–Kier alpha value is -2.28. The van der Waals surface area contributed by atoms with E-state index in [-0.39, 0.29) is 18.6 Å². The smallest absolute Gasteiger partial charge is 0.236 e. The third-order valence-electron chi connectivity index (χ3n) is 6.27. The van der Waals surface area contributed by atoms with Crippen LogP contribution in [0.1, 0.15) is 38.2 Å². The fraction of sp³-hybridized carbons (Fsp3) is 0.636. The van der Waals surface area contributed by atoms with Gasteiger partial charge in [0.05, 0.1) is 6.54 Å². The molecule has 0 N–H and O–H groups in total. The van der Waals surface area contributed by atoms with Crippen molar-refractivity contribution >= 4 is 11.8 Å². The van der Waals surface area contributed by atoms with Crippen LogP contribution in [-0.2, 0) is 16.0 Å². The number of carbonyl (C=O) groups excluding carboxylic acids is 2. The molecule has 0 saturated carbocycles. The van der Waals surface area contributed by atoms with Crippen LogP contribution in [-0.4, -0.2) is 78.6 Å². The molecule has 0 spiro atoms. The topological polar surface area (TPSA) is 62.3 Å². The lowest BCUT2D eigenvalue weighted by Crippen LogP contribution is -2.53. The van der Waals surface area contributed by atoms with E-state index in [1.807, 2.05) is 28.0 Å². The number of aryl methyl sites for hydroxylation is 1. The van der Waals surface area contributed by atoms with Gasteiger partial charge in [0.25, 0.3) is 0 Å². The molecular weight excluding hydrogens is 370 g/mol. The van der Waals surface area contributed by atoms with E-state index in [9.17, 15) is 9.59 Å². The zero-order valence-corrected chi connectivity index (χ0v) is 17.3. The van der Waals surface area contributed by atoms with E-state index in [4.69, 9.17) is 9.47 Å². The number of hydrogen-bond donors (Lipinski definition) is 0. The zero-order chi connectivity index (χ0) is 20.2. The van der Waals surface area contributed by atoms with Crippen molar-refractivity contribution in [2.45, 2.75) is 45.1 Å². The Morgan fingerprint density at radius 1 is 1.00 bits per heavy atom. The van der Waals surface area contributed by atoms with Crippen molar-refractivity contribution in [3.63, 3.8) is 0 Å². The van der Waals surface area contributed by atoms with Crippen LogP contribution in [0.25, 0.3) is 0 Å². The summed E-state index contributed by atoms with van der Waals surface area (Å²) in [7, 11) is 0. The molecule has 1 atom stereocenters. The molecule has 0 bridgehead atoms. The molecule has 0 radical (unpaired) electrons. The first-order chi connectivity index (χ1) is 14.1. The Bertz CT molecular complexity index is 746. The maximum absolute atomic E-state index is 12.6. The van der Waals surface area contributed by atoms with Crippen molar-refractivity contribution in [1.82, 2.24) is 14.7 Å². The lowest BCUT2D eigenvalue weighted by Gasteiger charge is -2.38. The van der Waals surface area contributed by atoms with E-state index < -0.39 is 0 Å². The highest BCUT2D eigenvalue weighted by Crippen LogP contribution is 2.32. The van der Waals surface area contributed by atoms with Crippen LogP contribution in [0.2, 0.25) is 0 Å². The van der Waals surface area contributed by atoms with E-state index in [1.54, 1.807) is 0 Å². The van der Waals surface area contributed by atoms with Gasteiger partial charge in [-0.05, 0) is 50.3 Å². The van der Waals surface area contributed by atoms with Crippen molar-refractivity contribution in [2.75, 3.05) is 46.1 Å². The van der Waals surface area contributed by atoms with Gasteiger partial charge in [-0.25, -0.2) is 0 Å². The van der Waals surface area contributed by atoms with Gasteiger partial charge in [0.1, 0.15) is 0 Å². The van der Waals surface area contributed by atoms with Crippen LogP contribution in [0.3, 0.4) is 0 Å². The molecule has 2 saturated heterocycles. The molecule has 7 nitrogen and oxygen atoms in total. The summed E-state index contributed by atoms with van der Waals surface area (Å²) < 4.78 is 10.7. The molecular formula is C22H31N3O4. The lowest BCUT2D eigenvalue weighted by atomic mass is 10.0. The number of piperazine rings is 1. The molecule has 0 unspecified atom stereocenters. The van der Waals surface area contributed by atoms with Crippen LogP contribution >= 0.6 is 0 Å². The molecule has 0 aromatic heterocycles. The maximum atomic E-state index is 12.6. The Morgan fingerprint density at radius 2 is 1.79 bits per heavy atom. The number of hydrogen-bond acceptors (Lipinski definition) is 5. The van der Waals surface area contributed by atoms with Crippen LogP contribution in [0.5, 0.6) is 11.5 Å². The summed E-state index contributed by atoms with van der Waals surface area (Å²) in [6.07, 6.45) is 4.63. The fourth-order valence-corrected chi connectivity index (χ4v) is 4.41. The predicted octanol–water partition coefficient (Wildman–Crippen LogP) is 1.89. The first-order valence-corrected chi connectivity index (χ1v) is 10.8. The van der Waals surface area contributed by atoms with Gasteiger partial charge in [-0.1, -0.05) is 6.07 Å². The van der Waals surface area contributed by atoms with Crippen LogP contribution in [0.15, 0.2) is 18.2 Å². The Morgan fingerprint density at radius 3 is 2.59 bits per heavy atom. The molecule has 29 heavy (non-hydrogen) atoms. The van der Waals surface area contributed by atoms with Crippen molar-refractivity contribution in [1.29, 1.82) is 0 Å². The predicted molar refractivity (Wildman–Crippen MR) is 109 cm³/mol. The van der Waals surface area contributed by atoms with Crippen LogP contribution < -0.4 is 9.47 Å². The third-order valence-corrected chi connectivity index (χ3v) is 6.27. The van der Waals surface area contributed by atoms with Gasteiger partial charge in [-0.3, -0.25) is 14.5 Å². The number of ether oxygens (including phenoxy) is 2. The number of amides is 2. The Labute approximate surface area is 172 Å². The minimum absolute atomic E-state index is 0.179. The van der Waals surface area contributed by atoms with Crippen LogP contribution in [0, 0.1) is 0 Å². The highest BCUT2D eigenvalue weighted by molar-refractivity contribution is 5.79. The number of piperidine rings is 1. The highest BCUT2D eigenvalue weighted by atomic mass is 16.7. The maximum Gasteiger partial charge on any atom is 0.236 e. The van der Waals surface area contributed by atoms with Crippen molar-refractivity contribution in [3.05, 3.63) is 23.8 Å². The Balaban J connectivity index is 1.20. The van der Waals surface area contributed by atoms with E-state index in [1.165, 1.54) is 6.42 Å². The van der Waals surface area contributed by atoms with Crippen molar-refractivity contribution in [2.24, 2.45) is 0 Å². The summed E-state index contributed by atoms with van der Waals surface area (Å²) in [6.45, 7) is 6.70. The lowest BCUT2D eigenvalue weighted by molar-refractivity contribution is -0.137. The summed E-state index contributed by atoms with van der Waals surface area (Å²) in [6, 6.07) is 6.21. The first-order valence-electron chi connectivity index (χ1n) is 10.8. The zero-order valence-electron chi connectivity index (χ0n) is 17.3. The van der Waals surface area contributed by atoms with E-state index in [2.05, 4.69) is 11.8 Å². The normalized spacial score (nSPS) is 22.0.